The van der Waals surface area contributed by atoms with E-state index in [1.807, 2.05) is 6.07 Å². The van der Waals surface area contributed by atoms with E-state index in [1.165, 1.54) is 11.0 Å². The van der Waals surface area contributed by atoms with Crippen molar-refractivity contribution in [1.82, 2.24) is 0 Å². The molecule has 1 amide bonds. The maximum Gasteiger partial charge on any atom is 0.259 e. The van der Waals surface area contributed by atoms with E-state index in [4.69, 9.17) is 29.1 Å². The molecular formula is C20H15ClFN3OS. The summed E-state index contributed by atoms with van der Waals surface area (Å²) in [6, 6.07) is 11.7. The zero-order valence-corrected chi connectivity index (χ0v) is 16.1. The normalized spacial score (nSPS) is 18.0. The molecule has 0 aromatic heterocycles. The number of benzene rings is 2. The van der Waals surface area contributed by atoms with Crippen LogP contribution in [0.1, 0.15) is 30.4 Å². The number of hydrogen-bond acceptors (Lipinski definition) is 3. The lowest BCUT2D eigenvalue weighted by Gasteiger charge is -2.43. The summed E-state index contributed by atoms with van der Waals surface area (Å²) in [6.45, 7) is 1.69. The van der Waals surface area contributed by atoms with E-state index in [1.54, 1.807) is 42.2 Å². The number of halogens is 2. The Bertz CT molecular complexity index is 1030. The molecule has 1 saturated carbocycles. The number of anilines is 2. The molecule has 0 unspecified atom stereocenters. The quantitative estimate of drug-likeness (QED) is 0.685. The van der Waals surface area contributed by atoms with Gasteiger partial charge < -0.3 is 4.90 Å². The van der Waals surface area contributed by atoms with Crippen LogP contribution in [-0.4, -0.2) is 16.6 Å². The molecule has 0 atom stereocenters. The first-order chi connectivity index (χ1) is 12.9. The molecule has 1 spiro atoms. The Labute approximate surface area is 166 Å². The van der Waals surface area contributed by atoms with Crippen LogP contribution in [0.25, 0.3) is 0 Å². The molecule has 1 aliphatic carbocycles. The summed E-state index contributed by atoms with van der Waals surface area (Å²) in [5, 5.41) is 9.62. The molecule has 136 valence electrons. The average Bonchev–Trinajstić information content (AvgIpc) is 2.84. The molecule has 1 saturated heterocycles. The van der Waals surface area contributed by atoms with E-state index in [9.17, 15) is 9.18 Å². The van der Waals surface area contributed by atoms with Gasteiger partial charge >= 0.3 is 0 Å². The summed E-state index contributed by atoms with van der Waals surface area (Å²) in [4.78, 5) is 16.5. The van der Waals surface area contributed by atoms with E-state index >= 15 is 0 Å². The topological polar surface area (TPSA) is 47.3 Å². The Morgan fingerprint density at radius 1 is 1.22 bits per heavy atom. The fraction of sp³-hybridized carbons (Fsp3) is 0.250. The smallest absolute Gasteiger partial charge is 0.259 e. The summed E-state index contributed by atoms with van der Waals surface area (Å²) in [5.41, 5.74) is 1.16. The molecule has 0 radical (unpaired) electrons. The van der Waals surface area contributed by atoms with Gasteiger partial charge in [0, 0.05) is 5.69 Å². The van der Waals surface area contributed by atoms with Gasteiger partial charge in [-0.25, -0.2) is 4.39 Å². The van der Waals surface area contributed by atoms with Crippen molar-refractivity contribution in [1.29, 1.82) is 5.26 Å². The number of nitrogens with zero attached hydrogens (tertiary/aromatic N) is 3. The third kappa shape index (κ3) is 2.53. The molecule has 7 heteroatoms. The van der Waals surface area contributed by atoms with Crippen molar-refractivity contribution >= 4 is 46.2 Å². The van der Waals surface area contributed by atoms with Crippen molar-refractivity contribution < 1.29 is 9.18 Å². The second-order valence-electron chi connectivity index (χ2n) is 6.85. The predicted molar refractivity (Wildman–Crippen MR) is 106 cm³/mol. The van der Waals surface area contributed by atoms with Crippen molar-refractivity contribution in [3.8, 4) is 6.07 Å². The largest absolute Gasteiger partial charge is 0.303 e. The number of thiocarbonyl (C=S) groups is 1. The van der Waals surface area contributed by atoms with Crippen LogP contribution in [0.3, 0.4) is 0 Å². The highest BCUT2D eigenvalue weighted by Crippen LogP contribution is 2.48. The number of nitriles is 1. The van der Waals surface area contributed by atoms with Crippen LogP contribution in [0.4, 0.5) is 15.8 Å². The monoisotopic (exact) mass is 399 g/mol. The van der Waals surface area contributed by atoms with Crippen LogP contribution in [0.2, 0.25) is 5.02 Å². The fourth-order valence-electron chi connectivity index (χ4n) is 3.66. The van der Waals surface area contributed by atoms with Crippen molar-refractivity contribution in [3.05, 3.63) is 58.4 Å². The third-order valence-electron chi connectivity index (χ3n) is 5.34. The minimum atomic E-state index is -0.779. The lowest BCUT2D eigenvalue weighted by atomic mass is 9.75. The molecule has 1 aliphatic heterocycles. The van der Waals surface area contributed by atoms with E-state index in [0.717, 1.165) is 6.42 Å². The highest BCUT2D eigenvalue weighted by Gasteiger charge is 2.59. The first kappa shape index (κ1) is 17.9. The maximum atomic E-state index is 14.2. The van der Waals surface area contributed by atoms with E-state index in [-0.39, 0.29) is 16.7 Å². The molecule has 0 bridgehead atoms. The van der Waals surface area contributed by atoms with Crippen LogP contribution in [0, 0.1) is 24.1 Å². The van der Waals surface area contributed by atoms with Gasteiger partial charge in [-0.05, 0) is 74.3 Å². The second kappa shape index (κ2) is 6.29. The van der Waals surface area contributed by atoms with Crippen LogP contribution in [0.5, 0.6) is 0 Å². The van der Waals surface area contributed by atoms with Crippen molar-refractivity contribution in [2.75, 3.05) is 9.80 Å². The summed E-state index contributed by atoms with van der Waals surface area (Å²) < 4.78 is 14.2. The SMILES string of the molecule is Cc1ccc(N2C(=S)N(c3ccc(C#N)c(Cl)c3)C(=O)C23CCC3)cc1F. The molecule has 4 rings (SSSR count). The molecule has 2 aliphatic rings. The van der Waals surface area contributed by atoms with Crippen molar-refractivity contribution in [2.24, 2.45) is 0 Å². The molecule has 4 nitrogen and oxygen atoms in total. The van der Waals surface area contributed by atoms with Crippen LogP contribution < -0.4 is 9.80 Å². The summed E-state index contributed by atoms with van der Waals surface area (Å²) >= 11 is 11.8. The first-order valence-electron chi connectivity index (χ1n) is 8.53. The van der Waals surface area contributed by atoms with Gasteiger partial charge in [0.25, 0.3) is 5.91 Å². The van der Waals surface area contributed by atoms with E-state index in [0.29, 0.717) is 40.5 Å². The van der Waals surface area contributed by atoms with Gasteiger partial charge in [-0.15, -0.1) is 0 Å². The minimum absolute atomic E-state index is 0.138. The van der Waals surface area contributed by atoms with Gasteiger partial charge in [-0.3, -0.25) is 9.69 Å². The van der Waals surface area contributed by atoms with Gasteiger partial charge in [0.2, 0.25) is 0 Å². The Morgan fingerprint density at radius 3 is 2.48 bits per heavy atom. The molecular weight excluding hydrogens is 385 g/mol. The Morgan fingerprint density at radius 2 is 1.93 bits per heavy atom. The Hall–Kier alpha value is -2.49. The van der Waals surface area contributed by atoms with E-state index in [2.05, 4.69) is 0 Å². The van der Waals surface area contributed by atoms with Gasteiger partial charge in [-0.1, -0.05) is 17.7 Å². The summed E-state index contributed by atoms with van der Waals surface area (Å²) in [6.07, 6.45) is 2.21. The highest BCUT2D eigenvalue weighted by atomic mass is 35.5. The number of amides is 1. The van der Waals surface area contributed by atoms with Gasteiger partial charge in [0.1, 0.15) is 17.4 Å². The Balaban J connectivity index is 1.81. The van der Waals surface area contributed by atoms with Crippen molar-refractivity contribution in [3.63, 3.8) is 0 Å². The minimum Gasteiger partial charge on any atom is -0.303 e. The highest BCUT2D eigenvalue weighted by molar-refractivity contribution is 7.81. The lowest BCUT2D eigenvalue weighted by Crippen LogP contribution is -2.55. The zero-order valence-electron chi connectivity index (χ0n) is 14.5. The molecule has 2 aromatic rings. The van der Waals surface area contributed by atoms with Gasteiger partial charge in [0.05, 0.1) is 16.3 Å². The molecule has 0 N–H and O–H groups in total. The van der Waals surface area contributed by atoms with Crippen LogP contribution in [-0.2, 0) is 4.79 Å². The van der Waals surface area contributed by atoms with E-state index < -0.39 is 5.54 Å². The fourth-order valence-corrected chi connectivity index (χ4v) is 4.35. The maximum absolute atomic E-state index is 14.2. The summed E-state index contributed by atoms with van der Waals surface area (Å²) in [7, 11) is 0. The van der Waals surface area contributed by atoms with Crippen LogP contribution in [0.15, 0.2) is 36.4 Å². The van der Waals surface area contributed by atoms with Gasteiger partial charge in [-0.2, -0.15) is 5.26 Å². The average molecular weight is 400 g/mol. The summed E-state index contributed by atoms with van der Waals surface area (Å²) in [5.74, 6) is -0.474. The number of carbonyl (C=O) groups is 1. The zero-order chi connectivity index (χ0) is 19.3. The first-order valence-corrected chi connectivity index (χ1v) is 9.32. The molecule has 2 aromatic carbocycles. The third-order valence-corrected chi connectivity index (χ3v) is 6.02. The van der Waals surface area contributed by atoms with Gasteiger partial charge in [0.15, 0.2) is 5.11 Å². The molecule has 2 fully saturated rings. The number of hydrogen-bond donors (Lipinski definition) is 0. The van der Waals surface area contributed by atoms with Crippen LogP contribution >= 0.6 is 23.8 Å². The molecule has 1 heterocycles. The van der Waals surface area contributed by atoms with Crippen molar-refractivity contribution in [2.45, 2.75) is 31.7 Å². The Kier molecular flexibility index (Phi) is 4.17. The number of carbonyl (C=O) groups excluding carboxylic acids is 1. The molecule has 27 heavy (non-hydrogen) atoms. The number of rotatable bonds is 2. The predicted octanol–water partition coefficient (Wildman–Crippen LogP) is 4.72. The lowest BCUT2D eigenvalue weighted by molar-refractivity contribution is -0.123. The second-order valence-corrected chi connectivity index (χ2v) is 7.63. The number of aryl methyl sites for hydroxylation is 1. The standard InChI is InChI=1S/C20H15ClFN3OS/c1-12-3-5-15(10-17(12)22)25-19(27)24(18(26)20(25)7-2-8-20)14-6-4-13(11-23)16(21)9-14/h3-6,9-10H,2,7-8H2,1H3.